The van der Waals surface area contributed by atoms with Gasteiger partial charge >= 0.3 is 0 Å². The van der Waals surface area contributed by atoms with Crippen molar-refractivity contribution in [3.05, 3.63) is 119 Å². The summed E-state index contributed by atoms with van der Waals surface area (Å²) in [6.45, 7) is 6.85. The summed E-state index contributed by atoms with van der Waals surface area (Å²) in [6, 6.07) is 7.69. The van der Waals surface area contributed by atoms with Gasteiger partial charge in [-0.1, -0.05) is 47.3 Å². The van der Waals surface area contributed by atoms with Gasteiger partial charge in [0, 0.05) is 88.3 Å². The van der Waals surface area contributed by atoms with Gasteiger partial charge in [-0.05, 0) is 70.2 Å². The Morgan fingerprint density at radius 3 is 1.67 bits per heavy atom. The average Bonchev–Trinajstić information content (AvgIpc) is 4.16. The number of hydrogen-bond donors (Lipinski definition) is 4. The molecule has 3 atom stereocenters. The van der Waals surface area contributed by atoms with E-state index in [1.807, 2.05) is 11.5 Å². The molecule has 2 aromatic carbocycles. The standard InChI is InChI=1S/C26H29F2N3O3.C20H19F2N3O3.2CH4O/c1-3-4-5-6-9-19-14-21(27)25(22(28)15-19)23-16-20(30-34-23)17-31-12-11-29-26(31)18(2)33-24-10-7-8-13-32-24;1-13(27)20-23-6-7-25(20)12-15-11-18(28-24-15)19-16(21)9-14(10-17(19)22)5-3-2-4-8-26;2*1-2/h11-12,14-16,18,24H,3-5,7-8,10,13,17H2,1-2H3;6-7,9-11,13,26-27H,2,4,8,12H2,1H3;2*2H,1H3/t18-,24?;13-;;/m00../s1. The van der Waals surface area contributed by atoms with Gasteiger partial charge < -0.3 is 48.1 Å². The third-order valence-electron chi connectivity index (χ3n) is 9.67. The molecule has 18 heteroatoms. The zero-order valence-electron chi connectivity index (χ0n) is 37.6. The summed E-state index contributed by atoms with van der Waals surface area (Å²) >= 11 is 0. The van der Waals surface area contributed by atoms with Crippen molar-refractivity contribution in [3.8, 4) is 46.3 Å². The van der Waals surface area contributed by atoms with Gasteiger partial charge in [0.15, 0.2) is 17.8 Å². The second kappa shape index (κ2) is 27.4. The van der Waals surface area contributed by atoms with Crippen molar-refractivity contribution in [1.82, 2.24) is 29.4 Å². The minimum absolute atomic E-state index is 0.0158. The molecule has 1 aliphatic heterocycles. The van der Waals surface area contributed by atoms with Crippen LogP contribution in [0.1, 0.15) is 119 Å². The molecule has 6 aromatic rings. The van der Waals surface area contributed by atoms with Crippen LogP contribution < -0.4 is 0 Å². The Hall–Kier alpha value is -6.12. The minimum Gasteiger partial charge on any atom is -0.400 e. The van der Waals surface area contributed by atoms with Crippen LogP contribution in [0.15, 0.2) is 70.2 Å². The first-order valence-electron chi connectivity index (χ1n) is 21.4. The van der Waals surface area contributed by atoms with Crippen molar-refractivity contribution in [2.24, 2.45) is 0 Å². The number of imidazole rings is 2. The molecule has 1 fully saturated rings. The van der Waals surface area contributed by atoms with Crippen LogP contribution >= 0.6 is 0 Å². The SMILES string of the molecule is CCCCC#Cc1cc(F)c(-c2cc(Cn3ccnc3[C@H](C)OC3CCCCO3)no2)c(F)c1.CO.CO.C[C@H](O)c1nccn1Cc1cc(-c2c(F)cc(C#CCCCO)cc2F)on1. The van der Waals surface area contributed by atoms with E-state index in [2.05, 4.69) is 50.9 Å². The van der Waals surface area contributed by atoms with E-state index < -0.39 is 29.4 Å². The zero-order valence-corrected chi connectivity index (χ0v) is 37.6. The third-order valence-corrected chi connectivity index (χ3v) is 9.67. The molecule has 0 aliphatic carbocycles. The molecule has 354 valence electrons. The first-order chi connectivity index (χ1) is 32.0. The number of aliphatic hydroxyl groups excluding tert-OH is 4. The first kappa shape index (κ1) is 52.5. The van der Waals surface area contributed by atoms with E-state index in [4.69, 9.17) is 33.8 Å². The number of halogens is 4. The summed E-state index contributed by atoms with van der Waals surface area (Å²) in [7, 11) is 2.00. The summed E-state index contributed by atoms with van der Waals surface area (Å²) in [4.78, 5) is 8.47. The largest absolute Gasteiger partial charge is 0.400 e. The lowest BCUT2D eigenvalue weighted by Crippen LogP contribution is -2.24. The van der Waals surface area contributed by atoms with Gasteiger partial charge in [0.05, 0.1) is 24.2 Å². The maximum absolute atomic E-state index is 14.7. The summed E-state index contributed by atoms with van der Waals surface area (Å²) in [5, 5.41) is 40.3. The second-order valence-corrected chi connectivity index (χ2v) is 14.6. The Labute approximate surface area is 381 Å². The number of rotatable bonds is 14. The monoisotopic (exact) mass is 920 g/mol. The summed E-state index contributed by atoms with van der Waals surface area (Å²) in [5.74, 6) is 9.24. The number of unbranched alkanes of at least 4 members (excludes halogenated alkanes) is 3. The van der Waals surface area contributed by atoms with Crippen LogP contribution in [0.25, 0.3) is 22.6 Å². The molecule has 0 bridgehead atoms. The molecule has 1 unspecified atom stereocenters. The fourth-order valence-electron chi connectivity index (χ4n) is 6.62. The third kappa shape index (κ3) is 15.0. The molecular formula is C48H56F4N6O8. The Bertz CT molecular complexity index is 2480. The van der Waals surface area contributed by atoms with E-state index in [0.29, 0.717) is 61.0 Å². The maximum Gasteiger partial charge on any atom is 0.173 e. The predicted octanol–water partition coefficient (Wildman–Crippen LogP) is 8.27. The van der Waals surface area contributed by atoms with Crippen LogP contribution in [-0.4, -0.2) is 83.6 Å². The molecule has 0 spiro atoms. The highest BCUT2D eigenvalue weighted by molar-refractivity contribution is 5.62. The Morgan fingerprint density at radius 1 is 0.727 bits per heavy atom. The number of aliphatic hydroxyl groups is 4. The lowest BCUT2D eigenvalue weighted by Gasteiger charge is -2.26. The quantitative estimate of drug-likeness (QED) is 0.0466. The summed E-state index contributed by atoms with van der Waals surface area (Å²) < 4.78 is 83.9. The molecule has 7 rings (SSSR count). The highest BCUT2D eigenvalue weighted by Gasteiger charge is 2.23. The van der Waals surface area contributed by atoms with Crippen LogP contribution in [0.5, 0.6) is 0 Å². The molecule has 4 aromatic heterocycles. The maximum atomic E-state index is 14.7. The highest BCUT2D eigenvalue weighted by Crippen LogP contribution is 2.30. The molecule has 66 heavy (non-hydrogen) atoms. The van der Waals surface area contributed by atoms with E-state index in [9.17, 15) is 22.7 Å². The number of hydrogen-bond acceptors (Lipinski definition) is 12. The van der Waals surface area contributed by atoms with Crippen molar-refractivity contribution in [3.63, 3.8) is 0 Å². The smallest absolute Gasteiger partial charge is 0.173 e. The Kier molecular flexibility index (Phi) is 21.8. The van der Waals surface area contributed by atoms with Gasteiger partial charge in [0.25, 0.3) is 0 Å². The molecule has 1 saturated heterocycles. The fourth-order valence-corrected chi connectivity index (χ4v) is 6.62. The lowest BCUT2D eigenvalue weighted by atomic mass is 10.1. The average molecular weight is 921 g/mol. The number of aromatic nitrogens is 6. The number of ether oxygens (including phenoxy) is 2. The molecule has 14 nitrogen and oxygen atoms in total. The second-order valence-electron chi connectivity index (χ2n) is 14.6. The normalized spacial score (nSPS) is 13.9. The van der Waals surface area contributed by atoms with Crippen LogP contribution in [0.4, 0.5) is 17.6 Å². The van der Waals surface area contributed by atoms with Crippen LogP contribution in [-0.2, 0) is 22.6 Å². The van der Waals surface area contributed by atoms with Gasteiger partial charge in [-0.3, -0.25) is 0 Å². The van der Waals surface area contributed by atoms with E-state index in [1.54, 1.807) is 36.3 Å². The lowest BCUT2D eigenvalue weighted by molar-refractivity contribution is -0.188. The zero-order chi connectivity index (χ0) is 48.0. The van der Waals surface area contributed by atoms with Gasteiger partial charge in [-0.15, -0.1) is 0 Å². The molecule has 0 saturated carbocycles. The van der Waals surface area contributed by atoms with Gasteiger partial charge in [0.2, 0.25) is 0 Å². The van der Waals surface area contributed by atoms with E-state index in [1.165, 1.54) is 24.3 Å². The molecule has 4 N–H and O–H groups in total. The van der Waals surface area contributed by atoms with E-state index >= 15 is 0 Å². The Morgan fingerprint density at radius 2 is 1.21 bits per heavy atom. The highest BCUT2D eigenvalue weighted by atomic mass is 19.1. The van der Waals surface area contributed by atoms with Crippen LogP contribution in [0.3, 0.4) is 0 Å². The topological polar surface area (TPSA) is 187 Å². The fraction of sp³-hybridized carbons (Fsp3) is 0.417. The van der Waals surface area contributed by atoms with Crippen molar-refractivity contribution >= 4 is 0 Å². The van der Waals surface area contributed by atoms with E-state index in [-0.39, 0.29) is 53.8 Å². The van der Waals surface area contributed by atoms with Gasteiger partial charge in [-0.25, -0.2) is 27.5 Å². The van der Waals surface area contributed by atoms with Crippen molar-refractivity contribution in [2.75, 3.05) is 27.4 Å². The number of benzene rings is 2. The van der Waals surface area contributed by atoms with Crippen LogP contribution in [0, 0.1) is 47.0 Å². The van der Waals surface area contributed by atoms with Crippen LogP contribution in [0.2, 0.25) is 0 Å². The molecule has 0 radical (unpaired) electrons. The summed E-state index contributed by atoms with van der Waals surface area (Å²) in [5.41, 5.74) is 0.875. The number of nitrogens with zero attached hydrogens (tertiary/aromatic N) is 6. The molecule has 0 amide bonds. The molecule has 5 heterocycles. The first-order valence-corrected chi connectivity index (χ1v) is 21.4. The Balaban J connectivity index is 0.000000273. The molecular weight excluding hydrogens is 865 g/mol. The van der Waals surface area contributed by atoms with Gasteiger partial charge in [-0.2, -0.15) is 0 Å². The predicted molar refractivity (Wildman–Crippen MR) is 236 cm³/mol. The minimum atomic E-state index is -0.804. The van der Waals surface area contributed by atoms with Gasteiger partial charge in [0.1, 0.15) is 58.5 Å². The van der Waals surface area contributed by atoms with Crippen molar-refractivity contribution in [1.29, 1.82) is 0 Å². The van der Waals surface area contributed by atoms with Crippen molar-refractivity contribution in [2.45, 2.75) is 104 Å². The van der Waals surface area contributed by atoms with E-state index in [0.717, 1.165) is 58.5 Å². The van der Waals surface area contributed by atoms with Crippen molar-refractivity contribution < 1.29 is 56.5 Å². The summed E-state index contributed by atoms with van der Waals surface area (Å²) in [6.07, 6.45) is 12.0. The molecule has 1 aliphatic rings.